The highest BCUT2D eigenvalue weighted by molar-refractivity contribution is 6.23. The number of hydrogen-bond donors (Lipinski definition) is 0. The predicted octanol–water partition coefficient (Wildman–Crippen LogP) is 11.1. The Kier molecular flexibility index (Phi) is 5.60. The van der Waals surface area contributed by atoms with Gasteiger partial charge in [0.15, 0.2) is 17.5 Å². The Morgan fingerprint density at radius 2 is 0.980 bits per heavy atom. The van der Waals surface area contributed by atoms with Crippen LogP contribution in [-0.2, 0) is 0 Å². The van der Waals surface area contributed by atoms with Crippen molar-refractivity contribution < 1.29 is 0 Å². The van der Waals surface area contributed by atoms with Crippen LogP contribution in [0, 0.1) is 0 Å². The van der Waals surface area contributed by atoms with Crippen LogP contribution in [0.3, 0.4) is 0 Å². The lowest BCUT2D eigenvalue weighted by Crippen LogP contribution is -2.06. The van der Waals surface area contributed by atoms with E-state index in [1.165, 1.54) is 54.7 Å². The van der Waals surface area contributed by atoms with Gasteiger partial charge < -0.3 is 8.97 Å². The van der Waals surface area contributed by atoms with E-state index in [2.05, 4.69) is 112 Å². The molecule has 50 heavy (non-hydrogen) atoms. The summed E-state index contributed by atoms with van der Waals surface area (Å²) in [6, 6.07) is 55.6. The van der Waals surface area contributed by atoms with Crippen LogP contribution in [0.5, 0.6) is 0 Å². The Balaban J connectivity index is 1.14. The minimum atomic E-state index is 0.646. The smallest absolute Gasteiger partial charge is 0.164 e. The summed E-state index contributed by atoms with van der Waals surface area (Å²) in [5.41, 5.74) is 11.2. The van der Waals surface area contributed by atoms with Gasteiger partial charge in [0.2, 0.25) is 0 Å². The number of fused-ring (bicyclic) bond motifs is 6. The van der Waals surface area contributed by atoms with E-state index in [9.17, 15) is 0 Å². The van der Waals surface area contributed by atoms with Crippen molar-refractivity contribution in [3.8, 4) is 51.0 Å². The Hall–Kier alpha value is -6.85. The Morgan fingerprint density at radius 3 is 1.74 bits per heavy atom. The number of para-hydroxylation sites is 2. The third-order valence-electron chi connectivity index (χ3n) is 10.1. The minimum absolute atomic E-state index is 0.646. The zero-order valence-electron chi connectivity index (χ0n) is 26.8. The van der Waals surface area contributed by atoms with Crippen LogP contribution in [0.1, 0.15) is 0 Å². The van der Waals surface area contributed by atoms with Crippen LogP contribution in [0.2, 0.25) is 0 Å². The van der Waals surface area contributed by atoms with Crippen molar-refractivity contribution in [3.05, 3.63) is 164 Å². The number of nitrogens with zero attached hydrogens (tertiary/aromatic N) is 5. The van der Waals surface area contributed by atoms with Gasteiger partial charge in [0.05, 0.1) is 27.8 Å². The fourth-order valence-corrected chi connectivity index (χ4v) is 7.81. The topological polar surface area (TPSA) is 48.0 Å². The van der Waals surface area contributed by atoms with E-state index in [0.29, 0.717) is 17.5 Å². The van der Waals surface area contributed by atoms with Crippen molar-refractivity contribution in [1.29, 1.82) is 0 Å². The van der Waals surface area contributed by atoms with Gasteiger partial charge in [-0.05, 0) is 58.3 Å². The molecule has 2 aliphatic heterocycles. The number of aromatic nitrogens is 5. The second-order valence-electron chi connectivity index (χ2n) is 12.9. The lowest BCUT2D eigenvalue weighted by atomic mass is 9.98. The van der Waals surface area contributed by atoms with Crippen LogP contribution in [-0.4, -0.2) is 23.9 Å². The second-order valence-corrected chi connectivity index (χ2v) is 12.9. The lowest BCUT2D eigenvalue weighted by molar-refractivity contribution is 1.07. The summed E-state index contributed by atoms with van der Waals surface area (Å²) in [5, 5.41) is 6.33. The Morgan fingerprint density at radius 1 is 0.380 bits per heavy atom. The molecule has 0 aliphatic carbocycles. The lowest BCUT2D eigenvalue weighted by Gasteiger charge is -2.22. The summed E-state index contributed by atoms with van der Waals surface area (Å²) in [4.78, 5) is 14.9. The molecule has 0 spiro atoms. The van der Waals surface area contributed by atoms with Crippen LogP contribution >= 0.6 is 0 Å². The molecule has 0 bridgehead atoms. The van der Waals surface area contributed by atoms with Gasteiger partial charge in [0, 0.05) is 39.0 Å². The number of benzene rings is 7. The van der Waals surface area contributed by atoms with Crippen molar-refractivity contribution >= 4 is 49.0 Å². The van der Waals surface area contributed by atoms with Crippen LogP contribution in [0.4, 0.5) is 0 Å². The standard InChI is InChI=1S/C45H27N5/c1-3-11-29(12-4-1)43-46-44(30-13-5-2-6-14-30)48-45(47-43)34-18-10-16-31(25-34)32-21-22-35-36-26-33-17-9-15-28-23-24-49-37-19-7-8-20-38(37)50(39(35)27-32)41(36)42(49)40(28)33/h1-27H. The number of pyridine rings is 1. The van der Waals surface area contributed by atoms with E-state index in [1.54, 1.807) is 0 Å². The van der Waals surface area contributed by atoms with E-state index >= 15 is 0 Å². The first-order valence-corrected chi connectivity index (χ1v) is 16.9. The predicted molar refractivity (Wildman–Crippen MR) is 204 cm³/mol. The highest BCUT2D eigenvalue weighted by Crippen LogP contribution is 2.44. The summed E-state index contributed by atoms with van der Waals surface area (Å²) in [6.07, 6.45) is 2.22. The third kappa shape index (κ3) is 3.92. The van der Waals surface area contributed by atoms with E-state index < -0.39 is 0 Å². The summed E-state index contributed by atoms with van der Waals surface area (Å²) >= 11 is 0. The fourth-order valence-electron chi connectivity index (χ4n) is 7.81. The zero-order valence-corrected chi connectivity index (χ0v) is 26.8. The molecule has 232 valence electrons. The van der Waals surface area contributed by atoms with Crippen LogP contribution in [0.25, 0.3) is 100.0 Å². The van der Waals surface area contributed by atoms with Crippen molar-refractivity contribution in [2.45, 2.75) is 0 Å². The van der Waals surface area contributed by atoms with Gasteiger partial charge in [-0.2, -0.15) is 0 Å². The molecular formula is C45H27N5. The third-order valence-corrected chi connectivity index (χ3v) is 10.1. The van der Waals surface area contributed by atoms with Gasteiger partial charge in [-0.25, -0.2) is 15.0 Å². The molecule has 0 atom stereocenters. The van der Waals surface area contributed by atoms with Crippen molar-refractivity contribution in [3.63, 3.8) is 0 Å². The zero-order chi connectivity index (χ0) is 32.8. The minimum Gasteiger partial charge on any atom is -0.313 e. The molecule has 0 amide bonds. The molecule has 9 aromatic rings. The molecule has 4 heterocycles. The molecular weight excluding hydrogens is 611 g/mol. The fraction of sp³-hybridized carbons (Fsp3) is 0. The van der Waals surface area contributed by atoms with Crippen molar-refractivity contribution in [2.75, 3.05) is 0 Å². The summed E-state index contributed by atoms with van der Waals surface area (Å²) in [5.74, 6) is 1.96. The highest BCUT2D eigenvalue weighted by atomic mass is 15.1. The summed E-state index contributed by atoms with van der Waals surface area (Å²) < 4.78 is 4.84. The molecule has 0 saturated carbocycles. The van der Waals surface area contributed by atoms with Gasteiger partial charge in [-0.15, -0.1) is 0 Å². The molecule has 0 fully saturated rings. The molecule has 11 rings (SSSR count). The Bertz CT molecular complexity index is 2970. The van der Waals surface area contributed by atoms with E-state index in [-0.39, 0.29) is 0 Å². The number of rotatable bonds is 4. The average molecular weight is 638 g/mol. The highest BCUT2D eigenvalue weighted by Gasteiger charge is 2.23. The maximum atomic E-state index is 4.99. The van der Waals surface area contributed by atoms with Crippen LogP contribution in [0.15, 0.2) is 164 Å². The normalized spacial score (nSPS) is 12.0. The number of hydrogen-bond acceptors (Lipinski definition) is 3. The largest absolute Gasteiger partial charge is 0.313 e. The quantitative estimate of drug-likeness (QED) is 0.142. The van der Waals surface area contributed by atoms with Gasteiger partial charge in [-0.3, -0.25) is 0 Å². The molecule has 0 unspecified atom stereocenters. The van der Waals surface area contributed by atoms with Crippen molar-refractivity contribution in [2.24, 2.45) is 0 Å². The van der Waals surface area contributed by atoms with Gasteiger partial charge in [0.25, 0.3) is 0 Å². The molecule has 2 aliphatic rings. The molecule has 5 heteroatoms. The van der Waals surface area contributed by atoms with Crippen molar-refractivity contribution in [1.82, 2.24) is 23.9 Å². The molecule has 0 saturated heterocycles. The first-order chi connectivity index (χ1) is 24.8. The molecule has 2 aromatic heterocycles. The van der Waals surface area contributed by atoms with E-state index in [0.717, 1.165) is 27.8 Å². The summed E-state index contributed by atoms with van der Waals surface area (Å²) in [7, 11) is 0. The van der Waals surface area contributed by atoms with E-state index in [1.807, 2.05) is 60.7 Å². The maximum absolute atomic E-state index is 4.99. The average Bonchev–Trinajstić information content (AvgIpc) is 3.52. The van der Waals surface area contributed by atoms with Gasteiger partial charge in [0.1, 0.15) is 0 Å². The Labute approximate surface area is 287 Å². The molecule has 7 aromatic carbocycles. The maximum Gasteiger partial charge on any atom is 0.164 e. The second kappa shape index (κ2) is 10.3. The van der Waals surface area contributed by atoms with Crippen LogP contribution < -0.4 is 0 Å². The molecule has 0 radical (unpaired) electrons. The first kappa shape index (κ1) is 27.1. The van der Waals surface area contributed by atoms with E-state index in [4.69, 9.17) is 15.0 Å². The van der Waals surface area contributed by atoms with Gasteiger partial charge >= 0.3 is 0 Å². The summed E-state index contributed by atoms with van der Waals surface area (Å²) in [6.45, 7) is 0. The molecule has 0 N–H and O–H groups in total. The molecule has 5 nitrogen and oxygen atoms in total. The SMILES string of the molecule is c1ccc(-c2nc(-c3ccccc3)nc(-c3cccc(-c4ccc5c6cc7cccc8ccn9c%10ccccc%10n(c5c4)c6c-9c87)c3)n2)cc1. The monoisotopic (exact) mass is 637 g/mol. The van der Waals surface area contributed by atoms with Gasteiger partial charge in [-0.1, -0.05) is 121 Å². The first-order valence-electron chi connectivity index (χ1n) is 16.9.